The molecule has 0 aliphatic rings. The molecule has 1 atom stereocenters. The molecule has 0 amide bonds. The Balaban J connectivity index is 3.35. The van der Waals surface area contributed by atoms with Crippen molar-refractivity contribution >= 4 is 6.21 Å². The lowest BCUT2D eigenvalue weighted by molar-refractivity contribution is 0.929. The fraction of sp³-hybridized carbons (Fsp3) is 0.571. The van der Waals surface area contributed by atoms with Gasteiger partial charge >= 0.3 is 0 Å². The lowest BCUT2D eigenvalue weighted by Crippen LogP contribution is -1.89. The fourth-order valence-corrected chi connectivity index (χ4v) is 0.333. The van der Waals surface area contributed by atoms with Crippen LogP contribution in [0.1, 0.15) is 20.3 Å². The van der Waals surface area contributed by atoms with Gasteiger partial charge in [-0.25, -0.2) is 0 Å². The molecule has 0 aromatic rings. The maximum atomic E-state index is 4.12. The van der Waals surface area contributed by atoms with Gasteiger partial charge in [-0.3, -0.25) is 4.99 Å². The molecule has 0 saturated carbocycles. The van der Waals surface area contributed by atoms with E-state index in [2.05, 4.69) is 18.5 Å². The SMILES string of the molecule is C=CC(C)N=CCC. The van der Waals surface area contributed by atoms with Crippen LogP contribution >= 0.6 is 0 Å². The zero-order valence-corrected chi connectivity index (χ0v) is 5.59. The summed E-state index contributed by atoms with van der Waals surface area (Å²) in [7, 11) is 0. The molecule has 0 saturated heterocycles. The van der Waals surface area contributed by atoms with Crippen LogP contribution in [0, 0.1) is 0 Å². The van der Waals surface area contributed by atoms with Crippen molar-refractivity contribution in [2.75, 3.05) is 0 Å². The lowest BCUT2D eigenvalue weighted by Gasteiger charge is -1.92. The van der Waals surface area contributed by atoms with Crippen molar-refractivity contribution in [3.8, 4) is 0 Å². The largest absolute Gasteiger partial charge is 0.290 e. The van der Waals surface area contributed by atoms with E-state index in [9.17, 15) is 0 Å². The summed E-state index contributed by atoms with van der Waals surface area (Å²) in [6.45, 7) is 7.68. The molecule has 1 heteroatoms. The molecule has 0 aliphatic carbocycles. The molecule has 1 unspecified atom stereocenters. The second-order valence-corrected chi connectivity index (χ2v) is 1.72. The van der Waals surface area contributed by atoms with Crippen LogP contribution in [0.4, 0.5) is 0 Å². The van der Waals surface area contributed by atoms with Gasteiger partial charge in [-0.1, -0.05) is 13.0 Å². The topological polar surface area (TPSA) is 12.4 Å². The smallest absolute Gasteiger partial charge is 0.0645 e. The second-order valence-electron chi connectivity index (χ2n) is 1.72. The first kappa shape index (κ1) is 7.41. The van der Waals surface area contributed by atoms with Gasteiger partial charge in [0.25, 0.3) is 0 Å². The number of rotatable bonds is 3. The summed E-state index contributed by atoms with van der Waals surface area (Å²) in [6.07, 6.45) is 4.75. The van der Waals surface area contributed by atoms with Gasteiger partial charge in [0, 0.05) is 0 Å². The predicted octanol–water partition coefficient (Wildman–Crippen LogP) is 2.04. The van der Waals surface area contributed by atoms with Crippen molar-refractivity contribution in [3.63, 3.8) is 0 Å². The van der Waals surface area contributed by atoms with Gasteiger partial charge in [-0.2, -0.15) is 0 Å². The Bertz CT molecular complexity index is 84.4. The first-order valence-corrected chi connectivity index (χ1v) is 2.95. The van der Waals surface area contributed by atoms with Crippen molar-refractivity contribution in [3.05, 3.63) is 12.7 Å². The Morgan fingerprint density at radius 2 is 2.38 bits per heavy atom. The molecule has 0 bridgehead atoms. The number of hydrogen-bond acceptors (Lipinski definition) is 1. The summed E-state index contributed by atoms with van der Waals surface area (Å²) >= 11 is 0. The Kier molecular flexibility index (Phi) is 4.23. The summed E-state index contributed by atoms with van der Waals surface area (Å²) in [6, 6.07) is 0.287. The summed E-state index contributed by atoms with van der Waals surface area (Å²) in [5.74, 6) is 0. The minimum Gasteiger partial charge on any atom is -0.290 e. The summed E-state index contributed by atoms with van der Waals surface area (Å²) in [4.78, 5) is 4.12. The third-order valence-electron chi connectivity index (χ3n) is 0.864. The van der Waals surface area contributed by atoms with E-state index < -0.39 is 0 Å². The molecule has 0 aromatic carbocycles. The van der Waals surface area contributed by atoms with Crippen molar-refractivity contribution in [2.45, 2.75) is 26.3 Å². The van der Waals surface area contributed by atoms with Crippen LogP contribution in [0.5, 0.6) is 0 Å². The van der Waals surface area contributed by atoms with E-state index in [1.807, 2.05) is 19.2 Å². The van der Waals surface area contributed by atoms with Crippen molar-refractivity contribution < 1.29 is 0 Å². The first-order valence-electron chi connectivity index (χ1n) is 2.95. The zero-order valence-electron chi connectivity index (χ0n) is 5.59. The van der Waals surface area contributed by atoms with E-state index in [0.29, 0.717) is 0 Å². The quantitative estimate of drug-likeness (QED) is 0.390. The third kappa shape index (κ3) is 3.59. The highest BCUT2D eigenvalue weighted by Gasteiger charge is 1.83. The normalized spacial score (nSPS) is 14.2. The molecule has 1 nitrogen and oxygen atoms in total. The molecule has 0 fully saturated rings. The molecule has 0 heterocycles. The molecular weight excluding hydrogens is 98.1 g/mol. The molecule has 0 N–H and O–H groups in total. The van der Waals surface area contributed by atoms with Gasteiger partial charge in [0.2, 0.25) is 0 Å². The van der Waals surface area contributed by atoms with Crippen LogP contribution < -0.4 is 0 Å². The van der Waals surface area contributed by atoms with Crippen molar-refractivity contribution in [2.24, 2.45) is 4.99 Å². The average molecular weight is 111 g/mol. The highest BCUT2D eigenvalue weighted by atomic mass is 14.7. The molecular formula is C7H13N. The van der Waals surface area contributed by atoms with E-state index >= 15 is 0 Å². The molecule has 8 heavy (non-hydrogen) atoms. The highest BCUT2D eigenvalue weighted by Crippen LogP contribution is 1.87. The van der Waals surface area contributed by atoms with Crippen molar-refractivity contribution in [1.29, 1.82) is 0 Å². The molecule has 0 spiro atoms. The second kappa shape index (κ2) is 4.57. The molecule has 0 radical (unpaired) electrons. The van der Waals surface area contributed by atoms with Gasteiger partial charge in [0.15, 0.2) is 0 Å². The first-order chi connectivity index (χ1) is 3.81. The Hall–Kier alpha value is -0.590. The molecule has 0 rings (SSSR count). The van der Waals surface area contributed by atoms with Crippen LogP contribution in [0.2, 0.25) is 0 Å². The van der Waals surface area contributed by atoms with Gasteiger partial charge < -0.3 is 0 Å². The number of hydrogen-bond donors (Lipinski definition) is 0. The Labute approximate surface area is 51.1 Å². The van der Waals surface area contributed by atoms with Gasteiger partial charge in [0.1, 0.15) is 0 Å². The minimum atomic E-state index is 0.287. The standard InChI is InChI=1S/C7H13N/c1-4-6-8-7(3)5-2/h5-7H,2,4H2,1,3H3. The average Bonchev–Trinajstić information content (AvgIpc) is 1.83. The monoisotopic (exact) mass is 111 g/mol. The molecule has 46 valence electrons. The van der Waals surface area contributed by atoms with Crippen molar-refractivity contribution in [1.82, 2.24) is 0 Å². The van der Waals surface area contributed by atoms with Gasteiger partial charge in [-0.05, 0) is 19.6 Å². The maximum absolute atomic E-state index is 4.12. The summed E-state index contributed by atoms with van der Waals surface area (Å²) < 4.78 is 0. The van der Waals surface area contributed by atoms with Crippen LogP contribution in [0.15, 0.2) is 17.6 Å². The third-order valence-corrected chi connectivity index (χ3v) is 0.864. The Morgan fingerprint density at radius 1 is 1.75 bits per heavy atom. The summed E-state index contributed by atoms with van der Waals surface area (Å²) in [5, 5.41) is 0. The van der Waals surface area contributed by atoms with Crippen LogP contribution in [-0.4, -0.2) is 12.3 Å². The zero-order chi connectivity index (χ0) is 6.41. The molecule has 0 aliphatic heterocycles. The Morgan fingerprint density at radius 3 is 2.75 bits per heavy atom. The van der Waals surface area contributed by atoms with E-state index in [-0.39, 0.29) is 6.04 Å². The van der Waals surface area contributed by atoms with Crippen LogP contribution in [0.3, 0.4) is 0 Å². The summed E-state index contributed by atoms with van der Waals surface area (Å²) in [5.41, 5.74) is 0. The fourth-order valence-electron chi connectivity index (χ4n) is 0.333. The van der Waals surface area contributed by atoms with Crippen LogP contribution in [0.25, 0.3) is 0 Å². The van der Waals surface area contributed by atoms with Gasteiger partial charge in [0.05, 0.1) is 6.04 Å². The van der Waals surface area contributed by atoms with Crippen LogP contribution in [-0.2, 0) is 0 Å². The number of nitrogens with zero attached hydrogens (tertiary/aromatic N) is 1. The lowest BCUT2D eigenvalue weighted by atomic mass is 10.3. The molecule has 0 aromatic heterocycles. The predicted molar refractivity (Wildman–Crippen MR) is 38.4 cm³/mol. The van der Waals surface area contributed by atoms with E-state index in [4.69, 9.17) is 0 Å². The van der Waals surface area contributed by atoms with E-state index in [1.165, 1.54) is 0 Å². The van der Waals surface area contributed by atoms with Gasteiger partial charge in [-0.15, -0.1) is 6.58 Å². The minimum absolute atomic E-state index is 0.287. The maximum Gasteiger partial charge on any atom is 0.0645 e. The highest BCUT2D eigenvalue weighted by molar-refractivity contribution is 5.56. The van der Waals surface area contributed by atoms with E-state index in [1.54, 1.807) is 0 Å². The number of aliphatic imine (C=N–C) groups is 1. The van der Waals surface area contributed by atoms with E-state index in [0.717, 1.165) is 6.42 Å².